The normalized spacial score (nSPS) is 11.1. The lowest BCUT2D eigenvalue weighted by molar-refractivity contribution is 0.0917. The van der Waals surface area contributed by atoms with Crippen LogP contribution in [-0.2, 0) is 16.6 Å². The van der Waals surface area contributed by atoms with Crippen LogP contribution in [0.1, 0.15) is 16.1 Å². The molecule has 1 heterocycles. The lowest BCUT2D eigenvalue weighted by atomic mass is 10.2. The van der Waals surface area contributed by atoms with Gasteiger partial charge in [0.2, 0.25) is 5.09 Å². The fourth-order valence-electron chi connectivity index (χ4n) is 1.71. The van der Waals surface area contributed by atoms with Crippen LogP contribution in [0.3, 0.4) is 0 Å². The van der Waals surface area contributed by atoms with Crippen molar-refractivity contribution in [2.45, 2.75) is 11.6 Å². The van der Waals surface area contributed by atoms with Gasteiger partial charge in [-0.15, -0.1) is 0 Å². The Balaban J connectivity index is 2.07. The third-order valence-electron chi connectivity index (χ3n) is 2.72. The Hall–Kier alpha value is -2.32. The predicted octanol–water partition coefficient (Wildman–Crippen LogP) is 0.866. The van der Waals surface area contributed by atoms with E-state index in [1.54, 1.807) is 12.1 Å². The number of methoxy groups -OCH3 is 1. The van der Waals surface area contributed by atoms with Gasteiger partial charge in [-0.2, -0.15) is 0 Å². The average molecular weight is 310 g/mol. The summed E-state index contributed by atoms with van der Waals surface area (Å²) in [4.78, 5) is 11.9. The number of benzene rings is 1. The predicted molar refractivity (Wildman–Crippen MR) is 74.2 cm³/mol. The largest absolute Gasteiger partial charge is 0.496 e. The molecule has 112 valence electrons. The van der Waals surface area contributed by atoms with E-state index in [0.29, 0.717) is 5.75 Å². The van der Waals surface area contributed by atoms with Crippen LogP contribution in [0.2, 0.25) is 0 Å². The molecule has 0 unspecified atom stereocenters. The molecular weight excluding hydrogens is 296 g/mol. The number of nitrogens with two attached hydrogens (primary N) is 1. The summed E-state index contributed by atoms with van der Waals surface area (Å²) < 4.78 is 32.2. The smallest absolute Gasteiger partial charge is 0.287 e. The molecule has 2 aromatic rings. The second-order valence-corrected chi connectivity index (χ2v) is 5.65. The first-order valence-corrected chi connectivity index (χ1v) is 7.49. The lowest BCUT2D eigenvalue weighted by Crippen LogP contribution is -2.22. The Morgan fingerprint density at radius 3 is 2.62 bits per heavy atom. The minimum absolute atomic E-state index is 0.131. The Bertz CT molecular complexity index is 751. The number of ether oxygens (including phenoxy) is 1. The molecule has 0 saturated carbocycles. The molecule has 0 bridgehead atoms. The molecule has 0 aliphatic carbocycles. The first kappa shape index (κ1) is 15.1. The van der Waals surface area contributed by atoms with E-state index in [2.05, 4.69) is 5.32 Å². The highest BCUT2D eigenvalue weighted by Crippen LogP contribution is 2.17. The van der Waals surface area contributed by atoms with E-state index in [9.17, 15) is 13.2 Å². The van der Waals surface area contributed by atoms with Crippen molar-refractivity contribution >= 4 is 15.9 Å². The van der Waals surface area contributed by atoms with Crippen LogP contribution in [0.15, 0.2) is 45.9 Å². The van der Waals surface area contributed by atoms with Gasteiger partial charge >= 0.3 is 0 Å². The molecule has 0 aliphatic heterocycles. The quantitative estimate of drug-likeness (QED) is 0.851. The van der Waals surface area contributed by atoms with E-state index in [0.717, 1.165) is 11.6 Å². The van der Waals surface area contributed by atoms with Gasteiger partial charge in [0.15, 0.2) is 5.76 Å². The van der Waals surface area contributed by atoms with E-state index in [4.69, 9.17) is 14.3 Å². The summed E-state index contributed by atoms with van der Waals surface area (Å²) in [7, 11) is -2.43. The van der Waals surface area contributed by atoms with Crippen molar-refractivity contribution in [2.75, 3.05) is 7.11 Å². The summed E-state index contributed by atoms with van der Waals surface area (Å²) >= 11 is 0. The molecule has 0 aliphatic rings. The second-order valence-electron chi connectivity index (χ2n) is 4.16. The van der Waals surface area contributed by atoms with E-state index in [-0.39, 0.29) is 12.3 Å². The highest BCUT2D eigenvalue weighted by atomic mass is 32.2. The molecule has 1 amide bonds. The van der Waals surface area contributed by atoms with Gasteiger partial charge in [-0.05, 0) is 18.2 Å². The van der Waals surface area contributed by atoms with Crippen molar-refractivity contribution in [3.63, 3.8) is 0 Å². The van der Waals surface area contributed by atoms with Gasteiger partial charge in [-0.3, -0.25) is 4.79 Å². The third kappa shape index (κ3) is 3.61. The average Bonchev–Trinajstić information content (AvgIpc) is 2.95. The van der Waals surface area contributed by atoms with E-state index >= 15 is 0 Å². The number of furan rings is 1. The van der Waals surface area contributed by atoms with Gasteiger partial charge in [0.05, 0.1) is 7.11 Å². The van der Waals surface area contributed by atoms with E-state index in [1.807, 2.05) is 12.1 Å². The molecule has 0 radical (unpaired) electrons. The Kier molecular flexibility index (Phi) is 4.29. The standard InChI is InChI=1S/C13H14N2O5S/c1-19-10-5-3-2-4-9(10)8-15-13(16)11-6-7-12(20-11)21(14,17)18/h2-7H,8H2,1H3,(H,15,16)(H2,14,17,18). The Morgan fingerprint density at radius 1 is 1.29 bits per heavy atom. The number of sulfonamides is 1. The molecule has 0 spiro atoms. The third-order valence-corrected chi connectivity index (χ3v) is 3.50. The molecule has 2 rings (SSSR count). The van der Waals surface area contributed by atoms with Crippen LogP contribution in [0.4, 0.5) is 0 Å². The fourth-order valence-corrected chi connectivity index (χ4v) is 2.17. The number of nitrogens with one attached hydrogen (secondary N) is 1. The molecule has 0 fully saturated rings. The highest BCUT2D eigenvalue weighted by molar-refractivity contribution is 7.89. The number of hydrogen-bond donors (Lipinski definition) is 2. The summed E-state index contributed by atoms with van der Waals surface area (Å²) in [5.41, 5.74) is 0.784. The summed E-state index contributed by atoms with van der Waals surface area (Å²) in [6.07, 6.45) is 0. The van der Waals surface area contributed by atoms with Crippen molar-refractivity contribution in [3.05, 3.63) is 47.7 Å². The molecule has 1 aromatic carbocycles. The van der Waals surface area contributed by atoms with Crippen molar-refractivity contribution in [1.29, 1.82) is 0 Å². The molecule has 0 atom stereocenters. The van der Waals surface area contributed by atoms with Gasteiger partial charge in [0.25, 0.3) is 15.9 Å². The van der Waals surface area contributed by atoms with Gasteiger partial charge < -0.3 is 14.5 Å². The zero-order valence-electron chi connectivity index (χ0n) is 11.2. The van der Waals surface area contributed by atoms with Crippen LogP contribution in [0, 0.1) is 0 Å². The fraction of sp³-hybridized carbons (Fsp3) is 0.154. The minimum Gasteiger partial charge on any atom is -0.496 e. The number of rotatable bonds is 5. The van der Waals surface area contributed by atoms with Gasteiger partial charge in [-0.25, -0.2) is 13.6 Å². The molecular formula is C13H14N2O5S. The van der Waals surface area contributed by atoms with Crippen molar-refractivity contribution < 1.29 is 22.4 Å². The van der Waals surface area contributed by atoms with Crippen molar-refractivity contribution in [1.82, 2.24) is 5.32 Å². The Labute approximate surface area is 121 Å². The SMILES string of the molecule is COc1ccccc1CNC(=O)c1ccc(S(N)(=O)=O)o1. The monoisotopic (exact) mass is 310 g/mol. The van der Waals surface area contributed by atoms with Crippen molar-refractivity contribution in [2.24, 2.45) is 5.14 Å². The lowest BCUT2D eigenvalue weighted by Gasteiger charge is -2.08. The topological polar surface area (TPSA) is 112 Å². The molecule has 7 nitrogen and oxygen atoms in total. The zero-order chi connectivity index (χ0) is 15.5. The summed E-state index contributed by atoms with van der Waals surface area (Å²) in [5, 5.41) is 7.06. The summed E-state index contributed by atoms with van der Waals surface area (Å²) in [5.74, 6) is -0.0350. The zero-order valence-corrected chi connectivity index (χ0v) is 12.0. The summed E-state index contributed by atoms with van der Waals surface area (Å²) in [6.45, 7) is 0.217. The van der Waals surface area contributed by atoms with Crippen LogP contribution in [0.25, 0.3) is 0 Å². The number of primary sulfonamides is 1. The summed E-state index contributed by atoms with van der Waals surface area (Å²) in [6, 6.07) is 9.58. The second kappa shape index (κ2) is 5.98. The maximum Gasteiger partial charge on any atom is 0.287 e. The number of carbonyl (C=O) groups is 1. The first-order chi connectivity index (χ1) is 9.91. The maximum absolute atomic E-state index is 11.9. The molecule has 21 heavy (non-hydrogen) atoms. The van der Waals surface area contributed by atoms with Gasteiger partial charge in [0.1, 0.15) is 5.75 Å². The van der Waals surface area contributed by atoms with Gasteiger partial charge in [0, 0.05) is 12.1 Å². The minimum atomic E-state index is -3.96. The number of hydrogen-bond acceptors (Lipinski definition) is 5. The van der Waals surface area contributed by atoms with Crippen LogP contribution in [-0.4, -0.2) is 21.4 Å². The van der Waals surface area contributed by atoms with Crippen molar-refractivity contribution in [3.8, 4) is 5.75 Å². The molecule has 0 saturated heterocycles. The van der Waals surface area contributed by atoms with Crippen LogP contribution >= 0.6 is 0 Å². The number of carbonyl (C=O) groups excluding carboxylic acids is 1. The Morgan fingerprint density at radius 2 is 2.00 bits per heavy atom. The van der Waals surface area contributed by atoms with E-state index < -0.39 is 21.0 Å². The van der Waals surface area contributed by atoms with Gasteiger partial charge in [-0.1, -0.05) is 18.2 Å². The number of para-hydroxylation sites is 1. The molecule has 1 aromatic heterocycles. The van der Waals surface area contributed by atoms with E-state index in [1.165, 1.54) is 13.2 Å². The molecule has 8 heteroatoms. The van der Waals surface area contributed by atoms with Crippen LogP contribution in [0.5, 0.6) is 5.75 Å². The highest BCUT2D eigenvalue weighted by Gasteiger charge is 2.17. The first-order valence-electron chi connectivity index (χ1n) is 5.94. The number of amides is 1. The molecule has 3 N–H and O–H groups in total. The van der Waals surface area contributed by atoms with Crippen LogP contribution < -0.4 is 15.2 Å². The maximum atomic E-state index is 11.9.